The van der Waals surface area contributed by atoms with Gasteiger partial charge in [-0.15, -0.1) is 0 Å². The van der Waals surface area contributed by atoms with Crippen LogP contribution in [-0.4, -0.2) is 11.9 Å². The third-order valence-corrected chi connectivity index (χ3v) is 3.93. The second kappa shape index (κ2) is 3.99. The Hall–Kier alpha value is -1.64. The van der Waals surface area contributed by atoms with Crippen molar-refractivity contribution >= 4 is 11.9 Å². The van der Waals surface area contributed by atoms with Crippen molar-refractivity contribution in [2.75, 3.05) is 0 Å². The summed E-state index contributed by atoms with van der Waals surface area (Å²) in [7, 11) is 0. The maximum Gasteiger partial charge on any atom is 0.317 e. The zero-order valence-electron chi connectivity index (χ0n) is 9.46. The highest BCUT2D eigenvalue weighted by atomic mass is 16.6. The summed E-state index contributed by atoms with van der Waals surface area (Å²) in [6.07, 6.45) is 2.49. The molecule has 1 aromatic carbocycles. The van der Waals surface area contributed by atoms with Gasteiger partial charge in [0.05, 0.1) is 11.8 Å². The van der Waals surface area contributed by atoms with E-state index in [2.05, 4.69) is 12.1 Å². The molecule has 1 saturated carbocycles. The maximum atomic E-state index is 11.6. The third kappa shape index (κ3) is 1.75. The molecule has 0 spiro atoms. The first-order chi connectivity index (χ1) is 8.25. The number of rotatable bonds is 1. The summed E-state index contributed by atoms with van der Waals surface area (Å²) in [5, 5.41) is 0. The van der Waals surface area contributed by atoms with Crippen LogP contribution >= 0.6 is 0 Å². The van der Waals surface area contributed by atoms with Crippen LogP contribution in [0.5, 0.6) is 0 Å². The summed E-state index contributed by atoms with van der Waals surface area (Å²) in [6, 6.07) is 10.2. The van der Waals surface area contributed by atoms with Crippen molar-refractivity contribution in [2.45, 2.75) is 25.2 Å². The Morgan fingerprint density at radius 2 is 1.65 bits per heavy atom. The van der Waals surface area contributed by atoms with Gasteiger partial charge >= 0.3 is 11.9 Å². The first kappa shape index (κ1) is 10.5. The van der Waals surface area contributed by atoms with E-state index in [9.17, 15) is 9.59 Å². The molecule has 0 bridgehead atoms. The highest BCUT2D eigenvalue weighted by Gasteiger charge is 2.47. The van der Waals surface area contributed by atoms with Gasteiger partial charge in [0.2, 0.25) is 0 Å². The van der Waals surface area contributed by atoms with E-state index in [-0.39, 0.29) is 23.8 Å². The average Bonchev–Trinajstić information content (AvgIpc) is 2.66. The zero-order chi connectivity index (χ0) is 11.8. The van der Waals surface area contributed by atoms with E-state index >= 15 is 0 Å². The summed E-state index contributed by atoms with van der Waals surface area (Å²) in [5.41, 5.74) is 1.26. The van der Waals surface area contributed by atoms with Gasteiger partial charge < -0.3 is 4.74 Å². The lowest BCUT2D eigenvalue weighted by molar-refractivity contribution is -0.153. The molecule has 88 valence electrons. The van der Waals surface area contributed by atoms with Gasteiger partial charge in [-0.05, 0) is 30.7 Å². The van der Waals surface area contributed by atoms with E-state index in [1.165, 1.54) is 5.56 Å². The SMILES string of the molecule is O=C1OC(=O)[C@@H]2CC[C@H](c3ccccc3)C[C@H]12. The summed E-state index contributed by atoms with van der Waals surface area (Å²) in [6.45, 7) is 0. The quantitative estimate of drug-likeness (QED) is 0.549. The number of ether oxygens (including phenoxy) is 1. The molecule has 2 fully saturated rings. The van der Waals surface area contributed by atoms with E-state index in [4.69, 9.17) is 4.74 Å². The second-order valence-electron chi connectivity index (χ2n) is 4.87. The predicted octanol–water partition coefficient (Wildman–Crippen LogP) is 2.27. The first-order valence-electron chi connectivity index (χ1n) is 6.06. The smallest absolute Gasteiger partial charge is 0.317 e. The fourth-order valence-corrected chi connectivity index (χ4v) is 2.99. The molecule has 3 rings (SSSR count). The van der Waals surface area contributed by atoms with Crippen LogP contribution in [0.1, 0.15) is 30.7 Å². The maximum absolute atomic E-state index is 11.6. The molecule has 1 saturated heterocycles. The number of benzene rings is 1. The molecule has 0 amide bonds. The fourth-order valence-electron chi connectivity index (χ4n) is 2.99. The van der Waals surface area contributed by atoms with Crippen LogP contribution in [0.2, 0.25) is 0 Å². The molecular weight excluding hydrogens is 216 g/mol. The molecule has 0 aromatic heterocycles. The largest absolute Gasteiger partial charge is 0.393 e. The number of esters is 2. The van der Waals surface area contributed by atoms with Gasteiger partial charge in [0.15, 0.2) is 0 Å². The lowest BCUT2D eigenvalue weighted by atomic mass is 9.73. The normalized spacial score (nSPS) is 32.1. The summed E-state index contributed by atoms with van der Waals surface area (Å²) >= 11 is 0. The van der Waals surface area contributed by atoms with Gasteiger partial charge in [0.25, 0.3) is 0 Å². The molecule has 0 radical (unpaired) electrons. The first-order valence-corrected chi connectivity index (χ1v) is 6.06. The van der Waals surface area contributed by atoms with Crippen molar-refractivity contribution in [1.29, 1.82) is 0 Å². The summed E-state index contributed by atoms with van der Waals surface area (Å²) in [5.74, 6) is -0.632. The van der Waals surface area contributed by atoms with Crippen LogP contribution in [0.15, 0.2) is 30.3 Å². The van der Waals surface area contributed by atoms with Crippen LogP contribution in [0.4, 0.5) is 0 Å². The van der Waals surface area contributed by atoms with Gasteiger partial charge in [-0.25, -0.2) is 0 Å². The predicted molar refractivity (Wildman–Crippen MR) is 61.1 cm³/mol. The van der Waals surface area contributed by atoms with E-state index < -0.39 is 0 Å². The number of fused-ring (bicyclic) bond motifs is 1. The number of hydrogen-bond donors (Lipinski definition) is 0. The molecule has 3 nitrogen and oxygen atoms in total. The van der Waals surface area contributed by atoms with Gasteiger partial charge in [-0.2, -0.15) is 0 Å². The Labute approximate surface area is 99.8 Å². The molecule has 17 heavy (non-hydrogen) atoms. The van der Waals surface area contributed by atoms with E-state index in [0.717, 1.165) is 19.3 Å². The van der Waals surface area contributed by atoms with E-state index in [0.29, 0.717) is 5.92 Å². The average molecular weight is 230 g/mol. The minimum absolute atomic E-state index is 0.178. The second-order valence-corrected chi connectivity index (χ2v) is 4.87. The van der Waals surface area contributed by atoms with Crippen molar-refractivity contribution in [3.8, 4) is 0 Å². The molecule has 1 heterocycles. The van der Waals surface area contributed by atoms with Crippen LogP contribution in [-0.2, 0) is 14.3 Å². The molecule has 2 aliphatic rings. The van der Waals surface area contributed by atoms with Crippen LogP contribution < -0.4 is 0 Å². The number of carbonyl (C=O) groups excluding carboxylic acids is 2. The Morgan fingerprint density at radius 3 is 2.41 bits per heavy atom. The molecule has 1 aromatic rings. The van der Waals surface area contributed by atoms with Crippen molar-refractivity contribution in [1.82, 2.24) is 0 Å². The minimum Gasteiger partial charge on any atom is -0.393 e. The highest BCUT2D eigenvalue weighted by molar-refractivity contribution is 5.96. The Morgan fingerprint density at radius 1 is 0.941 bits per heavy atom. The van der Waals surface area contributed by atoms with E-state index in [1.807, 2.05) is 18.2 Å². The molecule has 0 N–H and O–H groups in total. The summed E-state index contributed by atoms with van der Waals surface area (Å²) in [4.78, 5) is 23.0. The Bertz CT molecular complexity index is 452. The van der Waals surface area contributed by atoms with Crippen molar-refractivity contribution in [3.63, 3.8) is 0 Å². The molecule has 1 aliphatic carbocycles. The standard InChI is InChI=1S/C14H14O3/c15-13-11-7-6-10(8-12(11)14(16)17-13)9-4-2-1-3-5-9/h1-5,10-12H,6-8H2/t10-,11+,12-/m0/s1. The summed E-state index contributed by atoms with van der Waals surface area (Å²) < 4.78 is 4.71. The highest BCUT2D eigenvalue weighted by Crippen LogP contribution is 2.43. The van der Waals surface area contributed by atoms with Crippen molar-refractivity contribution < 1.29 is 14.3 Å². The van der Waals surface area contributed by atoms with Gasteiger partial charge in [0, 0.05) is 0 Å². The lowest BCUT2D eigenvalue weighted by Gasteiger charge is -2.27. The molecule has 1 aliphatic heterocycles. The van der Waals surface area contributed by atoms with Crippen LogP contribution in [0, 0.1) is 11.8 Å². The van der Waals surface area contributed by atoms with Crippen molar-refractivity contribution in [2.24, 2.45) is 11.8 Å². The Kier molecular flexibility index (Phi) is 2.46. The Balaban J connectivity index is 1.81. The number of hydrogen-bond acceptors (Lipinski definition) is 3. The monoisotopic (exact) mass is 230 g/mol. The van der Waals surface area contributed by atoms with Gasteiger partial charge in [-0.1, -0.05) is 30.3 Å². The van der Waals surface area contributed by atoms with Crippen molar-refractivity contribution in [3.05, 3.63) is 35.9 Å². The topological polar surface area (TPSA) is 43.4 Å². The molecule has 3 heteroatoms. The van der Waals surface area contributed by atoms with Gasteiger partial charge in [-0.3, -0.25) is 9.59 Å². The molecule has 3 atom stereocenters. The fraction of sp³-hybridized carbons (Fsp3) is 0.429. The molecule has 0 unspecified atom stereocenters. The van der Waals surface area contributed by atoms with E-state index in [1.54, 1.807) is 0 Å². The molecular formula is C14H14O3. The minimum atomic E-state index is -0.319. The van der Waals surface area contributed by atoms with Crippen LogP contribution in [0.3, 0.4) is 0 Å². The van der Waals surface area contributed by atoms with Gasteiger partial charge in [0.1, 0.15) is 0 Å². The number of cyclic esters (lactones) is 2. The zero-order valence-corrected chi connectivity index (χ0v) is 9.46. The van der Waals surface area contributed by atoms with Crippen LogP contribution in [0.25, 0.3) is 0 Å². The number of carbonyl (C=O) groups is 2. The third-order valence-electron chi connectivity index (χ3n) is 3.93. The lowest BCUT2D eigenvalue weighted by Crippen LogP contribution is -2.26.